The van der Waals surface area contributed by atoms with Crippen molar-refractivity contribution in [1.29, 1.82) is 0 Å². The number of rotatable bonds is 1. The summed E-state index contributed by atoms with van der Waals surface area (Å²) in [4.78, 5) is 0. The summed E-state index contributed by atoms with van der Waals surface area (Å²) in [5.74, 6) is 0. The highest BCUT2D eigenvalue weighted by Gasteiger charge is 2.34. The molecule has 1 aromatic carbocycles. The molecule has 0 bridgehead atoms. The lowest BCUT2D eigenvalue weighted by atomic mass is 10.2. The van der Waals surface area contributed by atoms with Gasteiger partial charge in [0.15, 0.2) is 0 Å². The van der Waals surface area contributed by atoms with E-state index >= 15 is 0 Å². The first-order valence-corrected chi connectivity index (χ1v) is 5.08. The van der Waals surface area contributed by atoms with Gasteiger partial charge in [0.2, 0.25) is 0 Å². The summed E-state index contributed by atoms with van der Waals surface area (Å²) in [6.45, 7) is 3.74. The number of alkyl halides is 3. The molecule has 16 heavy (non-hydrogen) atoms. The molecular formula is C12H12F3N. The van der Waals surface area contributed by atoms with Crippen LogP contribution in [0.5, 0.6) is 0 Å². The van der Waals surface area contributed by atoms with Crippen LogP contribution in [0.4, 0.5) is 13.2 Å². The van der Waals surface area contributed by atoms with Crippen LogP contribution in [0.3, 0.4) is 0 Å². The Labute approximate surface area is 91.5 Å². The summed E-state index contributed by atoms with van der Waals surface area (Å²) in [6, 6.07) is 6.62. The fraction of sp³-hybridized carbons (Fsp3) is 0.333. The van der Waals surface area contributed by atoms with Crippen molar-refractivity contribution in [3.05, 3.63) is 36.0 Å². The van der Waals surface area contributed by atoms with Gasteiger partial charge in [-0.05, 0) is 19.9 Å². The molecule has 1 nitrogen and oxygen atoms in total. The van der Waals surface area contributed by atoms with E-state index in [0.717, 1.165) is 0 Å². The van der Waals surface area contributed by atoms with Crippen LogP contribution in [-0.2, 0) is 6.18 Å². The number of aromatic nitrogens is 1. The molecule has 1 aromatic heterocycles. The second kappa shape index (κ2) is 3.54. The maximum atomic E-state index is 12.8. The van der Waals surface area contributed by atoms with E-state index in [1.54, 1.807) is 22.8 Å². The SMILES string of the molecule is CC(C)n1cc(C(F)(F)F)c2ccccc21. The molecule has 0 N–H and O–H groups in total. The quantitative estimate of drug-likeness (QED) is 0.686. The Morgan fingerprint density at radius 2 is 1.75 bits per heavy atom. The van der Waals surface area contributed by atoms with Crippen molar-refractivity contribution in [1.82, 2.24) is 4.57 Å². The number of fused-ring (bicyclic) bond motifs is 1. The lowest BCUT2D eigenvalue weighted by molar-refractivity contribution is -0.136. The standard InChI is InChI=1S/C12H12F3N/c1-8(2)16-7-10(12(13,14)15)9-5-3-4-6-11(9)16/h3-8H,1-2H3. The second-order valence-corrected chi connectivity index (χ2v) is 4.06. The van der Waals surface area contributed by atoms with E-state index < -0.39 is 11.7 Å². The smallest absolute Gasteiger partial charge is 0.344 e. The van der Waals surface area contributed by atoms with Crippen LogP contribution >= 0.6 is 0 Å². The zero-order chi connectivity index (χ0) is 11.9. The van der Waals surface area contributed by atoms with Gasteiger partial charge in [-0.25, -0.2) is 0 Å². The van der Waals surface area contributed by atoms with Crippen LogP contribution in [0.2, 0.25) is 0 Å². The Kier molecular flexibility index (Phi) is 2.45. The number of para-hydroxylation sites is 1. The summed E-state index contributed by atoms with van der Waals surface area (Å²) in [7, 11) is 0. The van der Waals surface area contributed by atoms with E-state index in [0.29, 0.717) is 5.52 Å². The zero-order valence-corrected chi connectivity index (χ0v) is 9.05. The highest BCUT2D eigenvalue weighted by molar-refractivity contribution is 5.84. The fourth-order valence-corrected chi connectivity index (χ4v) is 1.86. The number of hydrogen-bond acceptors (Lipinski definition) is 0. The molecule has 0 unspecified atom stereocenters. The van der Waals surface area contributed by atoms with Gasteiger partial charge in [-0.1, -0.05) is 18.2 Å². The third-order valence-electron chi connectivity index (χ3n) is 2.60. The molecule has 86 valence electrons. The number of nitrogens with zero attached hydrogens (tertiary/aromatic N) is 1. The van der Waals surface area contributed by atoms with Crippen LogP contribution in [0.1, 0.15) is 25.5 Å². The fourth-order valence-electron chi connectivity index (χ4n) is 1.86. The van der Waals surface area contributed by atoms with Gasteiger partial charge in [-0.15, -0.1) is 0 Å². The Bertz CT molecular complexity index is 508. The predicted molar refractivity (Wildman–Crippen MR) is 57.3 cm³/mol. The van der Waals surface area contributed by atoms with Crippen molar-refractivity contribution in [2.45, 2.75) is 26.1 Å². The first kappa shape index (κ1) is 11.0. The van der Waals surface area contributed by atoms with Gasteiger partial charge in [-0.3, -0.25) is 0 Å². The monoisotopic (exact) mass is 227 g/mol. The maximum absolute atomic E-state index is 12.8. The summed E-state index contributed by atoms with van der Waals surface area (Å²) >= 11 is 0. The average molecular weight is 227 g/mol. The van der Waals surface area contributed by atoms with Gasteiger partial charge in [-0.2, -0.15) is 13.2 Å². The van der Waals surface area contributed by atoms with Gasteiger partial charge >= 0.3 is 6.18 Å². The Morgan fingerprint density at radius 3 is 2.31 bits per heavy atom. The Balaban J connectivity index is 2.77. The lowest BCUT2D eigenvalue weighted by Gasteiger charge is -2.08. The van der Waals surface area contributed by atoms with Crippen LogP contribution in [-0.4, -0.2) is 4.57 Å². The normalized spacial score (nSPS) is 12.6. The number of benzene rings is 1. The summed E-state index contributed by atoms with van der Waals surface area (Å²) < 4.78 is 40.0. The molecule has 2 aromatic rings. The van der Waals surface area contributed by atoms with Crippen LogP contribution < -0.4 is 0 Å². The molecule has 0 aliphatic heterocycles. The molecular weight excluding hydrogens is 215 g/mol. The molecule has 2 rings (SSSR count). The molecule has 0 fully saturated rings. The van der Waals surface area contributed by atoms with E-state index in [1.807, 2.05) is 13.8 Å². The molecule has 0 atom stereocenters. The minimum atomic E-state index is -4.29. The topological polar surface area (TPSA) is 4.93 Å². The minimum absolute atomic E-state index is 0.0148. The van der Waals surface area contributed by atoms with E-state index in [9.17, 15) is 13.2 Å². The van der Waals surface area contributed by atoms with Crippen LogP contribution in [0.15, 0.2) is 30.5 Å². The first-order valence-electron chi connectivity index (χ1n) is 5.08. The molecule has 0 radical (unpaired) electrons. The summed E-state index contributed by atoms with van der Waals surface area (Å²) in [5, 5.41) is 0.267. The van der Waals surface area contributed by atoms with Crippen molar-refractivity contribution >= 4 is 10.9 Å². The van der Waals surface area contributed by atoms with Crippen molar-refractivity contribution < 1.29 is 13.2 Å². The number of hydrogen-bond donors (Lipinski definition) is 0. The molecule has 1 heterocycles. The highest BCUT2D eigenvalue weighted by Crippen LogP contribution is 2.36. The molecule has 0 aliphatic carbocycles. The van der Waals surface area contributed by atoms with Crippen molar-refractivity contribution in [2.75, 3.05) is 0 Å². The first-order chi connectivity index (χ1) is 7.41. The molecule has 0 aliphatic rings. The minimum Gasteiger partial charge on any atom is -0.344 e. The van der Waals surface area contributed by atoms with E-state index in [2.05, 4.69) is 0 Å². The third kappa shape index (κ3) is 1.68. The highest BCUT2D eigenvalue weighted by atomic mass is 19.4. The van der Waals surface area contributed by atoms with Gasteiger partial charge < -0.3 is 4.57 Å². The zero-order valence-electron chi connectivity index (χ0n) is 9.05. The van der Waals surface area contributed by atoms with Gasteiger partial charge in [0.25, 0.3) is 0 Å². The van der Waals surface area contributed by atoms with E-state index in [-0.39, 0.29) is 11.4 Å². The van der Waals surface area contributed by atoms with E-state index in [4.69, 9.17) is 0 Å². The Morgan fingerprint density at radius 1 is 1.12 bits per heavy atom. The predicted octanol–water partition coefficient (Wildman–Crippen LogP) is 4.24. The molecule has 4 heteroatoms. The van der Waals surface area contributed by atoms with Crippen LogP contribution in [0, 0.1) is 0 Å². The Hall–Kier alpha value is -1.45. The van der Waals surface area contributed by atoms with E-state index in [1.165, 1.54) is 12.3 Å². The van der Waals surface area contributed by atoms with Gasteiger partial charge in [0.1, 0.15) is 0 Å². The molecule has 0 amide bonds. The summed E-state index contributed by atoms with van der Waals surface area (Å²) in [5.41, 5.74) is 0.0709. The molecule has 0 spiro atoms. The number of halogens is 3. The maximum Gasteiger partial charge on any atom is 0.418 e. The van der Waals surface area contributed by atoms with Crippen molar-refractivity contribution in [3.8, 4) is 0 Å². The summed E-state index contributed by atoms with van der Waals surface area (Å²) in [6.07, 6.45) is -3.10. The average Bonchev–Trinajstić information content (AvgIpc) is 2.56. The van der Waals surface area contributed by atoms with Crippen LogP contribution in [0.25, 0.3) is 10.9 Å². The van der Waals surface area contributed by atoms with Gasteiger partial charge in [0.05, 0.1) is 5.56 Å². The molecule has 0 saturated carbocycles. The molecule has 0 saturated heterocycles. The van der Waals surface area contributed by atoms with Gasteiger partial charge in [0, 0.05) is 23.1 Å². The largest absolute Gasteiger partial charge is 0.418 e. The van der Waals surface area contributed by atoms with Crippen molar-refractivity contribution in [3.63, 3.8) is 0 Å². The second-order valence-electron chi connectivity index (χ2n) is 4.06. The lowest BCUT2D eigenvalue weighted by Crippen LogP contribution is -2.04. The van der Waals surface area contributed by atoms with Crippen molar-refractivity contribution in [2.24, 2.45) is 0 Å². The third-order valence-corrected chi connectivity index (χ3v) is 2.60.